The van der Waals surface area contributed by atoms with Crippen molar-refractivity contribution in [1.82, 2.24) is 4.90 Å². The molecule has 35 heavy (non-hydrogen) atoms. The van der Waals surface area contributed by atoms with E-state index in [0.29, 0.717) is 6.54 Å². The smallest absolute Gasteiger partial charge is 0.295 e. The Bertz CT molecular complexity index is 1120. The molecule has 3 aromatic carbocycles. The number of unbranched alkanes of at least 4 members (excludes halogenated alkanes) is 6. The van der Waals surface area contributed by atoms with Crippen LogP contribution in [0.1, 0.15) is 81.0 Å². The highest BCUT2D eigenvalue weighted by molar-refractivity contribution is 5.90. The van der Waals surface area contributed by atoms with E-state index in [4.69, 9.17) is 0 Å². The number of hydrogen-bond donors (Lipinski definition) is 0. The molecule has 0 radical (unpaired) electrons. The molecule has 186 valence electrons. The Balaban J connectivity index is 1.68. The first-order chi connectivity index (χ1) is 16.9. The molecule has 4 heteroatoms. The van der Waals surface area contributed by atoms with Gasteiger partial charge < -0.3 is 0 Å². The Morgan fingerprint density at radius 2 is 1.43 bits per heavy atom. The van der Waals surface area contributed by atoms with Crippen molar-refractivity contribution in [3.63, 3.8) is 0 Å². The fourth-order valence-corrected chi connectivity index (χ4v) is 4.34. The Hall–Kier alpha value is -2.77. The van der Waals surface area contributed by atoms with Crippen molar-refractivity contribution in [2.75, 3.05) is 6.54 Å². The molecule has 0 heterocycles. The van der Waals surface area contributed by atoms with Gasteiger partial charge >= 0.3 is 6.18 Å². The summed E-state index contributed by atoms with van der Waals surface area (Å²) in [4.78, 5) is 2.24. The van der Waals surface area contributed by atoms with Gasteiger partial charge in [-0.2, -0.15) is 13.2 Å². The van der Waals surface area contributed by atoms with Crippen molar-refractivity contribution in [2.45, 2.75) is 78.1 Å². The normalized spacial score (nSPS) is 11.6. The first-order valence-electron chi connectivity index (χ1n) is 12.8. The van der Waals surface area contributed by atoms with E-state index >= 15 is 0 Å². The minimum atomic E-state index is -4.30. The number of benzene rings is 3. The fraction of sp³-hybridized carbons (Fsp3) is 0.419. The molecule has 0 N–H and O–H groups in total. The molecule has 0 aliphatic carbocycles. The first-order valence-corrected chi connectivity index (χ1v) is 12.8. The summed E-state index contributed by atoms with van der Waals surface area (Å²) in [5, 5.41) is 2.34. The molecule has 0 spiro atoms. The summed E-state index contributed by atoms with van der Waals surface area (Å²) >= 11 is 0. The monoisotopic (exact) mass is 479 g/mol. The molecule has 0 saturated carbocycles. The molecule has 0 atom stereocenters. The molecule has 0 aliphatic rings. The minimum Gasteiger partial charge on any atom is -0.295 e. The third kappa shape index (κ3) is 8.15. The Labute approximate surface area is 208 Å². The predicted molar refractivity (Wildman–Crippen MR) is 140 cm³/mol. The van der Waals surface area contributed by atoms with Crippen molar-refractivity contribution in [3.8, 4) is 11.8 Å². The first kappa shape index (κ1) is 26.8. The molecule has 0 fully saturated rings. The molecule has 0 aliphatic heterocycles. The molecule has 0 saturated heterocycles. The summed E-state index contributed by atoms with van der Waals surface area (Å²) in [5.41, 5.74) is 2.53. The van der Waals surface area contributed by atoms with Crippen LogP contribution in [0.15, 0.2) is 60.7 Å². The van der Waals surface area contributed by atoms with Crippen molar-refractivity contribution in [1.29, 1.82) is 0 Å². The fourth-order valence-electron chi connectivity index (χ4n) is 4.34. The van der Waals surface area contributed by atoms with Gasteiger partial charge in [0.25, 0.3) is 0 Å². The van der Waals surface area contributed by atoms with Gasteiger partial charge in [0, 0.05) is 25.1 Å². The van der Waals surface area contributed by atoms with E-state index in [1.807, 2.05) is 12.1 Å². The third-order valence-electron chi connectivity index (χ3n) is 6.42. The van der Waals surface area contributed by atoms with Crippen molar-refractivity contribution in [2.24, 2.45) is 0 Å². The van der Waals surface area contributed by atoms with Gasteiger partial charge in [0.1, 0.15) is 0 Å². The van der Waals surface area contributed by atoms with Crippen LogP contribution in [0.3, 0.4) is 0 Å². The predicted octanol–water partition coefficient (Wildman–Crippen LogP) is 8.98. The second kappa shape index (κ2) is 13.4. The van der Waals surface area contributed by atoms with Gasteiger partial charge in [-0.15, -0.1) is 0 Å². The molecule has 3 aromatic rings. The van der Waals surface area contributed by atoms with Crippen LogP contribution in [0.2, 0.25) is 0 Å². The maximum atomic E-state index is 12.9. The maximum absolute atomic E-state index is 12.9. The van der Waals surface area contributed by atoms with E-state index in [0.717, 1.165) is 54.6 Å². The third-order valence-corrected chi connectivity index (χ3v) is 6.42. The van der Waals surface area contributed by atoms with Crippen LogP contribution in [-0.2, 0) is 19.3 Å². The van der Waals surface area contributed by atoms with Gasteiger partial charge in [0.05, 0.1) is 5.56 Å². The van der Waals surface area contributed by atoms with Gasteiger partial charge in [-0.25, -0.2) is 0 Å². The Morgan fingerprint density at radius 1 is 0.743 bits per heavy atom. The average Bonchev–Trinajstić information content (AvgIpc) is 2.86. The van der Waals surface area contributed by atoms with E-state index in [1.165, 1.54) is 43.1 Å². The van der Waals surface area contributed by atoms with E-state index in [2.05, 4.69) is 54.9 Å². The summed E-state index contributed by atoms with van der Waals surface area (Å²) in [6.45, 7) is 6.44. The number of hydrogen-bond acceptors (Lipinski definition) is 1. The van der Waals surface area contributed by atoms with E-state index in [1.54, 1.807) is 12.1 Å². The lowest BCUT2D eigenvalue weighted by atomic mass is 9.99. The summed E-state index contributed by atoms with van der Waals surface area (Å²) in [7, 11) is 0. The van der Waals surface area contributed by atoms with Crippen LogP contribution in [0.25, 0.3) is 10.8 Å². The van der Waals surface area contributed by atoms with Gasteiger partial charge in [-0.05, 0) is 53.1 Å². The zero-order valence-corrected chi connectivity index (χ0v) is 20.9. The van der Waals surface area contributed by atoms with Crippen LogP contribution >= 0.6 is 0 Å². The number of nitrogens with zero attached hydrogens (tertiary/aromatic N) is 1. The van der Waals surface area contributed by atoms with Crippen LogP contribution < -0.4 is 0 Å². The molecular weight excluding hydrogens is 443 g/mol. The lowest BCUT2D eigenvalue weighted by Gasteiger charge is -2.22. The van der Waals surface area contributed by atoms with Crippen molar-refractivity contribution >= 4 is 10.8 Å². The Kier molecular flexibility index (Phi) is 10.2. The number of alkyl halides is 3. The Morgan fingerprint density at radius 3 is 2.11 bits per heavy atom. The molecule has 3 rings (SSSR count). The zero-order valence-electron chi connectivity index (χ0n) is 20.9. The molecule has 0 aromatic heterocycles. The number of rotatable bonds is 11. The zero-order chi connectivity index (χ0) is 25.1. The highest BCUT2D eigenvalue weighted by Gasteiger charge is 2.29. The number of fused-ring (bicyclic) bond motifs is 1. The van der Waals surface area contributed by atoms with Gasteiger partial charge in [-0.3, -0.25) is 4.90 Å². The van der Waals surface area contributed by atoms with Crippen LogP contribution in [0, 0.1) is 11.8 Å². The van der Waals surface area contributed by atoms with Gasteiger partial charge in [0.2, 0.25) is 0 Å². The number of halogens is 3. The largest absolute Gasteiger partial charge is 0.416 e. The van der Waals surface area contributed by atoms with E-state index < -0.39 is 11.7 Å². The van der Waals surface area contributed by atoms with Crippen molar-refractivity contribution < 1.29 is 13.2 Å². The van der Waals surface area contributed by atoms with Gasteiger partial charge in [0.15, 0.2) is 0 Å². The molecular formula is C31H36F3N. The lowest BCUT2D eigenvalue weighted by molar-refractivity contribution is -0.137. The van der Waals surface area contributed by atoms with E-state index in [-0.39, 0.29) is 0 Å². The van der Waals surface area contributed by atoms with Gasteiger partial charge in [-0.1, -0.05) is 100 Å². The SMILES string of the molecule is CCCCCCCCC#Cc1ccc(CN(CC)Cc2ccc(C(F)(F)F)cc2)c2ccccc12. The quantitative estimate of drug-likeness (QED) is 0.196. The minimum absolute atomic E-state index is 0.600. The standard InChI is InChI=1S/C31H36F3N/c1-3-5-6-7-8-9-10-11-14-26-19-20-27(30-16-13-12-15-29(26)30)24-35(4-2)23-25-17-21-28(22-18-25)31(32,33)34/h12-13,15-22H,3-10,23-24H2,1-2H3. The van der Waals surface area contributed by atoms with Crippen LogP contribution in [0.4, 0.5) is 13.2 Å². The molecule has 0 bridgehead atoms. The topological polar surface area (TPSA) is 3.24 Å². The van der Waals surface area contributed by atoms with E-state index in [9.17, 15) is 13.2 Å². The second-order valence-electron chi connectivity index (χ2n) is 9.14. The summed E-state index contributed by atoms with van der Waals surface area (Å²) in [6.07, 6.45) is 4.25. The summed E-state index contributed by atoms with van der Waals surface area (Å²) < 4.78 is 38.6. The molecule has 0 unspecified atom stereocenters. The highest BCUT2D eigenvalue weighted by Crippen LogP contribution is 2.29. The molecule has 1 nitrogen and oxygen atoms in total. The highest BCUT2D eigenvalue weighted by atomic mass is 19.4. The van der Waals surface area contributed by atoms with Crippen LogP contribution in [-0.4, -0.2) is 11.4 Å². The lowest BCUT2D eigenvalue weighted by Crippen LogP contribution is -2.22. The summed E-state index contributed by atoms with van der Waals surface area (Å²) in [6, 6.07) is 18.1. The van der Waals surface area contributed by atoms with Crippen molar-refractivity contribution in [3.05, 3.63) is 82.9 Å². The van der Waals surface area contributed by atoms with Crippen LogP contribution in [0.5, 0.6) is 0 Å². The average molecular weight is 480 g/mol. The second-order valence-corrected chi connectivity index (χ2v) is 9.14. The summed E-state index contributed by atoms with van der Waals surface area (Å²) in [5.74, 6) is 6.75. The molecule has 0 amide bonds. The maximum Gasteiger partial charge on any atom is 0.416 e.